The predicted molar refractivity (Wildman–Crippen MR) is 183 cm³/mol. The zero-order valence-corrected chi connectivity index (χ0v) is 27.4. The monoisotopic (exact) mass is 653 g/mol. The molecule has 4 aromatic rings. The third kappa shape index (κ3) is 9.24. The molecule has 0 heterocycles. The molecule has 10 nitrogen and oxygen atoms in total. The van der Waals surface area contributed by atoms with E-state index in [4.69, 9.17) is 14.2 Å². The summed E-state index contributed by atoms with van der Waals surface area (Å²) in [5.74, 6) is -0.117. The van der Waals surface area contributed by atoms with Gasteiger partial charge in [-0.2, -0.15) is 0 Å². The van der Waals surface area contributed by atoms with Gasteiger partial charge in [-0.25, -0.2) is 0 Å². The highest BCUT2D eigenvalue weighted by molar-refractivity contribution is 8.00. The van der Waals surface area contributed by atoms with Gasteiger partial charge in [-0.1, -0.05) is 24.3 Å². The Morgan fingerprint density at radius 3 is 2.00 bits per heavy atom. The Balaban J connectivity index is 1.55. The molecule has 47 heavy (non-hydrogen) atoms. The van der Waals surface area contributed by atoms with Crippen LogP contribution in [-0.2, 0) is 9.59 Å². The Kier molecular flexibility index (Phi) is 11.8. The first-order chi connectivity index (χ1) is 22.6. The second kappa shape index (κ2) is 16.1. The van der Waals surface area contributed by atoms with Crippen molar-refractivity contribution in [2.45, 2.75) is 24.0 Å². The van der Waals surface area contributed by atoms with Crippen LogP contribution in [0.2, 0.25) is 0 Å². The molecule has 1 unspecified atom stereocenters. The van der Waals surface area contributed by atoms with Crippen molar-refractivity contribution in [1.29, 1.82) is 0 Å². The summed E-state index contributed by atoms with van der Waals surface area (Å²) >= 11 is 1.31. The van der Waals surface area contributed by atoms with Crippen LogP contribution in [0.25, 0.3) is 6.08 Å². The molecule has 4 rings (SSSR count). The third-order valence-corrected chi connectivity index (χ3v) is 7.99. The SMILES string of the molecule is COc1cc(OC)c(OC)cc1/C=C(/NC(=O)c1ccccc1)C(=O)Nc1cccc(SC(C)C(=O)Nc2ccc(C(C)=O)cc2)c1. The first-order valence-corrected chi connectivity index (χ1v) is 15.4. The number of benzene rings is 4. The van der Waals surface area contributed by atoms with Gasteiger partial charge >= 0.3 is 0 Å². The molecule has 0 fully saturated rings. The summed E-state index contributed by atoms with van der Waals surface area (Å²) in [7, 11) is 4.47. The molecule has 3 amide bonds. The van der Waals surface area contributed by atoms with E-state index in [2.05, 4.69) is 16.0 Å². The van der Waals surface area contributed by atoms with E-state index in [-0.39, 0.29) is 17.4 Å². The zero-order chi connectivity index (χ0) is 33.9. The van der Waals surface area contributed by atoms with Crippen molar-refractivity contribution >= 4 is 52.7 Å². The second-order valence-electron chi connectivity index (χ2n) is 10.2. The molecular formula is C36H35N3O7S. The summed E-state index contributed by atoms with van der Waals surface area (Å²) in [6, 6.07) is 25.5. The fourth-order valence-electron chi connectivity index (χ4n) is 4.40. The highest BCUT2D eigenvalue weighted by Gasteiger charge is 2.19. The van der Waals surface area contributed by atoms with Crippen LogP contribution in [0.5, 0.6) is 17.2 Å². The summed E-state index contributed by atoms with van der Waals surface area (Å²) < 4.78 is 16.3. The Labute approximate surface area is 277 Å². The van der Waals surface area contributed by atoms with Gasteiger partial charge in [0.15, 0.2) is 17.3 Å². The molecule has 4 aromatic carbocycles. The summed E-state index contributed by atoms with van der Waals surface area (Å²) in [6.07, 6.45) is 1.49. The lowest BCUT2D eigenvalue weighted by Crippen LogP contribution is -2.30. The van der Waals surface area contributed by atoms with Crippen LogP contribution >= 0.6 is 11.8 Å². The molecule has 0 aliphatic rings. The van der Waals surface area contributed by atoms with Crippen LogP contribution in [0.1, 0.15) is 40.1 Å². The van der Waals surface area contributed by atoms with E-state index in [1.54, 1.807) is 91.9 Å². The number of methoxy groups -OCH3 is 3. The van der Waals surface area contributed by atoms with E-state index in [1.807, 2.05) is 6.07 Å². The number of ether oxygens (including phenoxy) is 3. The van der Waals surface area contributed by atoms with Crippen molar-refractivity contribution < 1.29 is 33.4 Å². The Hall–Kier alpha value is -5.55. The van der Waals surface area contributed by atoms with Gasteiger partial charge < -0.3 is 30.2 Å². The number of ketones is 1. The van der Waals surface area contributed by atoms with E-state index in [0.717, 1.165) is 4.90 Å². The van der Waals surface area contributed by atoms with Crippen LogP contribution in [-0.4, -0.2) is 50.1 Å². The van der Waals surface area contributed by atoms with Crippen LogP contribution in [0.3, 0.4) is 0 Å². The second-order valence-corrected chi connectivity index (χ2v) is 11.6. The lowest BCUT2D eigenvalue weighted by atomic mass is 10.1. The number of thioether (sulfide) groups is 1. The number of hydrogen-bond acceptors (Lipinski definition) is 8. The minimum absolute atomic E-state index is 0.0500. The van der Waals surface area contributed by atoms with E-state index >= 15 is 0 Å². The Morgan fingerprint density at radius 1 is 0.702 bits per heavy atom. The molecule has 1 atom stereocenters. The van der Waals surface area contributed by atoms with Gasteiger partial charge in [0.05, 0.1) is 26.6 Å². The summed E-state index contributed by atoms with van der Waals surface area (Å²) in [5, 5.41) is 7.94. The van der Waals surface area contributed by atoms with Gasteiger partial charge in [0.25, 0.3) is 11.8 Å². The topological polar surface area (TPSA) is 132 Å². The van der Waals surface area contributed by atoms with Crippen LogP contribution < -0.4 is 30.2 Å². The number of amides is 3. The highest BCUT2D eigenvalue weighted by Crippen LogP contribution is 2.36. The maximum Gasteiger partial charge on any atom is 0.272 e. The van der Waals surface area contributed by atoms with Crippen molar-refractivity contribution in [3.63, 3.8) is 0 Å². The van der Waals surface area contributed by atoms with Crippen LogP contribution in [0.15, 0.2) is 102 Å². The van der Waals surface area contributed by atoms with E-state index in [9.17, 15) is 19.2 Å². The summed E-state index contributed by atoms with van der Waals surface area (Å²) in [5.41, 5.74) is 2.37. The van der Waals surface area contributed by atoms with Gasteiger partial charge in [-0.3, -0.25) is 19.2 Å². The predicted octanol–water partition coefficient (Wildman–Crippen LogP) is 6.44. The molecule has 0 aliphatic carbocycles. The lowest BCUT2D eigenvalue weighted by Gasteiger charge is -2.15. The van der Waals surface area contributed by atoms with Crippen LogP contribution in [0, 0.1) is 0 Å². The van der Waals surface area contributed by atoms with Gasteiger partial charge in [0, 0.05) is 39.0 Å². The highest BCUT2D eigenvalue weighted by atomic mass is 32.2. The standard InChI is InChI=1S/C36H35N3O7S/c1-22(40)24-14-16-27(17-15-24)37-34(41)23(2)47-29-13-9-12-28(20-29)38-36(43)30(39-35(42)25-10-7-6-8-11-25)18-26-19-32(45-4)33(46-5)21-31(26)44-3/h6-21,23H,1-5H3,(H,37,41)(H,38,43)(H,39,42)/b30-18+. The molecule has 0 radical (unpaired) electrons. The maximum atomic E-state index is 13.7. The molecule has 242 valence electrons. The summed E-state index contributed by atoms with van der Waals surface area (Å²) in [4.78, 5) is 52.0. The fourth-order valence-corrected chi connectivity index (χ4v) is 5.33. The van der Waals surface area contributed by atoms with E-state index in [1.165, 1.54) is 46.1 Å². The number of carbonyl (C=O) groups excluding carboxylic acids is 4. The molecule has 11 heteroatoms. The molecule has 0 spiro atoms. The van der Waals surface area contributed by atoms with Crippen molar-refractivity contribution in [3.05, 3.63) is 113 Å². The fraction of sp³-hybridized carbons (Fsp3) is 0.167. The van der Waals surface area contributed by atoms with Gasteiger partial charge in [-0.05, 0) is 80.6 Å². The first kappa shape index (κ1) is 34.3. The minimum Gasteiger partial charge on any atom is -0.496 e. The van der Waals surface area contributed by atoms with E-state index in [0.29, 0.717) is 45.3 Å². The molecule has 0 saturated carbocycles. The summed E-state index contributed by atoms with van der Waals surface area (Å²) in [6.45, 7) is 3.25. The average Bonchev–Trinajstić information content (AvgIpc) is 3.08. The average molecular weight is 654 g/mol. The molecule has 0 bridgehead atoms. The Bertz CT molecular complexity index is 1790. The van der Waals surface area contributed by atoms with Gasteiger partial charge in [0.1, 0.15) is 11.4 Å². The van der Waals surface area contributed by atoms with Crippen molar-refractivity contribution in [2.75, 3.05) is 32.0 Å². The zero-order valence-electron chi connectivity index (χ0n) is 26.6. The lowest BCUT2D eigenvalue weighted by molar-refractivity contribution is -0.115. The number of anilines is 2. The number of carbonyl (C=O) groups is 4. The molecule has 0 aliphatic heterocycles. The number of Topliss-reactive ketones (excluding diaryl/α,β-unsaturated/α-hetero) is 1. The smallest absolute Gasteiger partial charge is 0.272 e. The number of nitrogens with one attached hydrogen (secondary N) is 3. The van der Waals surface area contributed by atoms with E-state index < -0.39 is 17.1 Å². The first-order valence-electron chi connectivity index (χ1n) is 14.5. The number of hydrogen-bond donors (Lipinski definition) is 3. The largest absolute Gasteiger partial charge is 0.496 e. The third-order valence-electron chi connectivity index (χ3n) is 6.90. The van der Waals surface area contributed by atoms with Gasteiger partial charge in [0.2, 0.25) is 5.91 Å². The molecular weight excluding hydrogens is 618 g/mol. The molecule has 0 saturated heterocycles. The van der Waals surface area contributed by atoms with Crippen LogP contribution in [0.4, 0.5) is 11.4 Å². The Morgan fingerprint density at radius 2 is 1.36 bits per heavy atom. The minimum atomic E-state index is -0.590. The maximum absolute atomic E-state index is 13.7. The normalized spacial score (nSPS) is 11.6. The van der Waals surface area contributed by atoms with Crippen molar-refractivity contribution in [3.8, 4) is 17.2 Å². The van der Waals surface area contributed by atoms with Crippen molar-refractivity contribution in [1.82, 2.24) is 5.32 Å². The molecule has 0 aromatic heterocycles. The number of rotatable bonds is 13. The van der Waals surface area contributed by atoms with Gasteiger partial charge in [-0.15, -0.1) is 11.8 Å². The molecule has 3 N–H and O–H groups in total. The quantitative estimate of drug-likeness (QED) is 0.0853. The van der Waals surface area contributed by atoms with Crippen molar-refractivity contribution in [2.24, 2.45) is 0 Å².